The van der Waals surface area contributed by atoms with Gasteiger partial charge < -0.3 is 4.74 Å². The second kappa shape index (κ2) is 6.32. The Morgan fingerprint density at radius 3 is 2.23 bits per heavy atom. The first-order valence-corrected chi connectivity index (χ1v) is 8.70. The summed E-state index contributed by atoms with van der Waals surface area (Å²) in [6.45, 7) is 3.78. The topological polar surface area (TPSA) is 60.4 Å². The fraction of sp³-hybridized carbons (Fsp3) is 0.235. The monoisotopic (exact) mass is 318 g/mol. The van der Waals surface area contributed by atoms with Gasteiger partial charge in [-0.3, -0.25) is 4.79 Å². The number of Topliss-reactive ketones (excluding diaryl/α,β-unsaturated/α-hetero) is 1. The SMILES string of the molecule is Cc1ccc(C(=O)COc2ccc(S(C)(=O)=O)cc2)c(C)c1. The third-order valence-corrected chi connectivity index (χ3v) is 4.43. The minimum absolute atomic E-state index is 0.0812. The predicted molar refractivity (Wildman–Crippen MR) is 85.3 cm³/mol. The van der Waals surface area contributed by atoms with E-state index >= 15 is 0 Å². The van der Waals surface area contributed by atoms with Gasteiger partial charge in [-0.2, -0.15) is 0 Å². The first kappa shape index (κ1) is 16.2. The highest BCUT2D eigenvalue weighted by molar-refractivity contribution is 7.90. The molecule has 5 heteroatoms. The molecule has 2 rings (SSSR count). The van der Waals surface area contributed by atoms with Crippen molar-refractivity contribution >= 4 is 15.6 Å². The summed E-state index contributed by atoms with van der Waals surface area (Å²) < 4.78 is 28.2. The van der Waals surface area contributed by atoms with Crippen molar-refractivity contribution in [2.75, 3.05) is 12.9 Å². The molecular weight excluding hydrogens is 300 g/mol. The molecule has 0 N–H and O–H groups in total. The molecule has 116 valence electrons. The van der Waals surface area contributed by atoms with E-state index in [-0.39, 0.29) is 17.3 Å². The van der Waals surface area contributed by atoms with Gasteiger partial charge >= 0.3 is 0 Å². The first-order chi connectivity index (χ1) is 10.3. The Morgan fingerprint density at radius 1 is 1.05 bits per heavy atom. The Morgan fingerprint density at radius 2 is 1.68 bits per heavy atom. The molecule has 2 aromatic carbocycles. The van der Waals surface area contributed by atoms with Crippen LogP contribution in [0.15, 0.2) is 47.4 Å². The third kappa shape index (κ3) is 3.95. The summed E-state index contributed by atoms with van der Waals surface area (Å²) in [7, 11) is -3.23. The fourth-order valence-electron chi connectivity index (χ4n) is 2.14. The molecular formula is C17H18O4S. The molecule has 0 saturated heterocycles. The lowest BCUT2D eigenvalue weighted by Gasteiger charge is -2.08. The van der Waals surface area contributed by atoms with Gasteiger partial charge in [0, 0.05) is 11.8 Å². The number of hydrogen-bond donors (Lipinski definition) is 0. The third-order valence-electron chi connectivity index (χ3n) is 3.30. The number of sulfone groups is 1. The number of benzene rings is 2. The highest BCUT2D eigenvalue weighted by Gasteiger charge is 2.11. The van der Waals surface area contributed by atoms with Gasteiger partial charge in [0.1, 0.15) is 5.75 Å². The number of ether oxygens (including phenoxy) is 1. The van der Waals surface area contributed by atoms with Crippen LogP contribution in [-0.4, -0.2) is 27.1 Å². The second-order valence-electron chi connectivity index (χ2n) is 5.27. The number of hydrogen-bond acceptors (Lipinski definition) is 4. The maximum absolute atomic E-state index is 12.2. The van der Waals surface area contributed by atoms with Crippen molar-refractivity contribution in [1.82, 2.24) is 0 Å². The van der Waals surface area contributed by atoms with Crippen molar-refractivity contribution in [3.63, 3.8) is 0 Å². The van der Waals surface area contributed by atoms with Gasteiger partial charge in [0.15, 0.2) is 22.2 Å². The maximum atomic E-state index is 12.2. The van der Waals surface area contributed by atoms with Crippen LogP contribution >= 0.6 is 0 Å². The molecule has 0 unspecified atom stereocenters. The standard InChI is InChI=1S/C17H18O4S/c1-12-4-9-16(13(2)10-12)17(18)11-21-14-5-7-15(8-6-14)22(3,19)20/h4-10H,11H2,1-3H3. The number of ketones is 1. The van der Waals surface area contributed by atoms with Crippen LogP contribution in [-0.2, 0) is 9.84 Å². The molecule has 0 saturated carbocycles. The molecule has 0 aliphatic rings. The molecule has 22 heavy (non-hydrogen) atoms. The van der Waals surface area contributed by atoms with Gasteiger partial charge in [-0.25, -0.2) is 8.42 Å². The molecule has 4 nitrogen and oxygen atoms in total. The van der Waals surface area contributed by atoms with E-state index < -0.39 is 9.84 Å². The lowest BCUT2D eigenvalue weighted by atomic mass is 10.0. The molecule has 0 fully saturated rings. The van der Waals surface area contributed by atoms with Crippen LogP contribution in [0.5, 0.6) is 5.75 Å². The zero-order valence-corrected chi connectivity index (χ0v) is 13.6. The molecule has 0 aliphatic carbocycles. The van der Waals surface area contributed by atoms with Crippen LogP contribution in [0.25, 0.3) is 0 Å². The molecule has 0 aliphatic heterocycles. The number of aryl methyl sites for hydroxylation is 2. The van der Waals surface area contributed by atoms with Gasteiger partial charge in [0.25, 0.3) is 0 Å². The van der Waals surface area contributed by atoms with Gasteiger partial charge in [-0.05, 0) is 43.7 Å². The van der Waals surface area contributed by atoms with Crippen molar-refractivity contribution in [3.05, 3.63) is 59.2 Å². The summed E-state index contributed by atoms with van der Waals surface area (Å²) in [6, 6.07) is 11.7. The molecule has 0 aromatic heterocycles. The van der Waals surface area contributed by atoms with E-state index in [0.29, 0.717) is 11.3 Å². The quantitative estimate of drug-likeness (QED) is 0.795. The van der Waals surface area contributed by atoms with Crippen molar-refractivity contribution in [2.45, 2.75) is 18.7 Å². The Kier molecular flexibility index (Phi) is 4.66. The van der Waals surface area contributed by atoms with E-state index in [1.165, 1.54) is 12.1 Å². The number of carbonyl (C=O) groups is 1. The first-order valence-electron chi connectivity index (χ1n) is 6.81. The minimum atomic E-state index is -3.23. The second-order valence-corrected chi connectivity index (χ2v) is 7.29. The van der Waals surface area contributed by atoms with Gasteiger partial charge in [0.2, 0.25) is 0 Å². The Hall–Kier alpha value is -2.14. The summed E-state index contributed by atoms with van der Waals surface area (Å²) in [5, 5.41) is 0. The summed E-state index contributed by atoms with van der Waals surface area (Å²) in [6.07, 6.45) is 1.15. The van der Waals surface area contributed by atoms with E-state index in [4.69, 9.17) is 4.74 Å². The van der Waals surface area contributed by atoms with Crippen LogP contribution in [0.1, 0.15) is 21.5 Å². The summed E-state index contributed by atoms with van der Waals surface area (Å²) in [5.74, 6) is 0.357. The van der Waals surface area contributed by atoms with Crippen molar-refractivity contribution in [2.24, 2.45) is 0 Å². The molecule has 0 amide bonds. The summed E-state index contributed by atoms with van der Waals surface area (Å²) in [5.41, 5.74) is 2.66. The normalized spacial score (nSPS) is 11.2. The van der Waals surface area contributed by atoms with E-state index in [0.717, 1.165) is 17.4 Å². The van der Waals surface area contributed by atoms with Crippen molar-refractivity contribution < 1.29 is 17.9 Å². The Labute approximate surface area is 130 Å². The van der Waals surface area contributed by atoms with E-state index in [9.17, 15) is 13.2 Å². The highest BCUT2D eigenvalue weighted by atomic mass is 32.2. The van der Waals surface area contributed by atoms with E-state index in [1.54, 1.807) is 18.2 Å². The molecule has 0 bridgehead atoms. The average molecular weight is 318 g/mol. The van der Waals surface area contributed by atoms with E-state index in [2.05, 4.69) is 0 Å². The smallest absolute Gasteiger partial charge is 0.200 e. The van der Waals surface area contributed by atoms with Gasteiger partial charge in [-0.15, -0.1) is 0 Å². The average Bonchev–Trinajstić information content (AvgIpc) is 2.44. The number of rotatable bonds is 5. The van der Waals surface area contributed by atoms with Crippen molar-refractivity contribution in [1.29, 1.82) is 0 Å². The molecule has 0 atom stereocenters. The zero-order valence-electron chi connectivity index (χ0n) is 12.8. The summed E-state index contributed by atoms with van der Waals surface area (Å²) in [4.78, 5) is 12.4. The van der Waals surface area contributed by atoms with Crippen LogP contribution in [0.3, 0.4) is 0 Å². The molecule has 2 aromatic rings. The Balaban J connectivity index is 2.05. The summed E-state index contributed by atoms with van der Waals surface area (Å²) >= 11 is 0. The highest BCUT2D eigenvalue weighted by Crippen LogP contribution is 2.17. The van der Waals surface area contributed by atoms with E-state index in [1.807, 2.05) is 26.0 Å². The lowest BCUT2D eigenvalue weighted by Crippen LogP contribution is -2.13. The zero-order chi connectivity index (χ0) is 16.3. The van der Waals surface area contributed by atoms with Gasteiger partial charge in [0.05, 0.1) is 4.90 Å². The predicted octanol–water partition coefficient (Wildman–Crippen LogP) is 2.97. The Bertz CT molecular complexity index is 790. The molecule has 0 radical (unpaired) electrons. The fourth-order valence-corrected chi connectivity index (χ4v) is 2.77. The number of carbonyl (C=O) groups excluding carboxylic acids is 1. The largest absolute Gasteiger partial charge is 0.485 e. The maximum Gasteiger partial charge on any atom is 0.200 e. The molecule has 0 spiro atoms. The van der Waals surface area contributed by atoms with Crippen molar-refractivity contribution in [3.8, 4) is 5.75 Å². The lowest BCUT2D eigenvalue weighted by molar-refractivity contribution is 0.0921. The van der Waals surface area contributed by atoms with Crippen LogP contribution in [0.4, 0.5) is 0 Å². The van der Waals surface area contributed by atoms with Crippen LogP contribution < -0.4 is 4.74 Å². The van der Waals surface area contributed by atoms with Crippen LogP contribution in [0.2, 0.25) is 0 Å². The van der Waals surface area contributed by atoms with Crippen LogP contribution in [0, 0.1) is 13.8 Å². The minimum Gasteiger partial charge on any atom is -0.485 e. The molecule has 0 heterocycles. The van der Waals surface area contributed by atoms with Gasteiger partial charge in [-0.1, -0.05) is 23.8 Å².